The molecule has 0 radical (unpaired) electrons. The molecule has 0 bridgehead atoms. The zero-order valence-corrected chi connectivity index (χ0v) is 14.0. The molecule has 1 N–H and O–H groups in total. The number of benzene rings is 1. The molecule has 1 fully saturated rings. The summed E-state index contributed by atoms with van der Waals surface area (Å²) in [6.07, 6.45) is 4.27. The predicted molar refractivity (Wildman–Crippen MR) is 87.6 cm³/mol. The molecule has 0 saturated heterocycles. The van der Waals surface area contributed by atoms with Crippen molar-refractivity contribution >= 4 is 13.3 Å². The van der Waals surface area contributed by atoms with Crippen molar-refractivity contribution in [1.29, 1.82) is 0 Å². The lowest BCUT2D eigenvalue weighted by atomic mass is 10.1. The third-order valence-corrected chi connectivity index (χ3v) is 6.45. The molecule has 19 heavy (non-hydrogen) atoms. The van der Waals surface area contributed by atoms with Gasteiger partial charge in [0.25, 0.3) is 0 Å². The van der Waals surface area contributed by atoms with E-state index >= 15 is 0 Å². The molecule has 0 aromatic heterocycles. The van der Waals surface area contributed by atoms with Crippen molar-refractivity contribution in [2.75, 3.05) is 6.54 Å². The van der Waals surface area contributed by atoms with Crippen molar-refractivity contribution < 1.29 is 0 Å². The van der Waals surface area contributed by atoms with E-state index in [2.05, 4.69) is 56.1 Å². The van der Waals surface area contributed by atoms with Gasteiger partial charge >= 0.3 is 0 Å². The summed E-state index contributed by atoms with van der Waals surface area (Å²) in [6, 6.07) is 9.28. The van der Waals surface area contributed by atoms with E-state index in [1.807, 2.05) is 0 Å². The lowest BCUT2D eigenvalue weighted by Crippen LogP contribution is -2.37. The van der Waals surface area contributed by atoms with Gasteiger partial charge in [-0.15, -0.1) is 0 Å². The smallest absolute Gasteiger partial charge is 0.0775 e. The molecule has 1 aliphatic rings. The van der Waals surface area contributed by atoms with E-state index in [1.165, 1.54) is 31.4 Å². The van der Waals surface area contributed by atoms with Crippen LogP contribution in [0, 0.1) is 11.8 Å². The minimum Gasteiger partial charge on any atom is -0.312 e. The number of nitrogens with one attached hydrogen (secondary N) is 1. The maximum atomic E-state index is 3.63. The Morgan fingerprint density at radius 2 is 1.79 bits per heavy atom. The molecule has 1 aromatic rings. The number of hydrogen-bond donors (Lipinski definition) is 1. The van der Waals surface area contributed by atoms with E-state index in [9.17, 15) is 0 Å². The van der Waals surface area contributed by atoms with Crippen molar-refractivity contribution in [3.05, 3.63) is 29.8 Å². The minimum atomic E-state index is -1.14. The topological polar surface area (TPSA) is 12.0 Å². The second-order valence-corrected chi connectivity index (χ2v) is 12.4. The second-order valence-electron chi connectivity index (χ2n) is 7.36. The highest BCUT2D eigenvalue weighted by molar-refractivity contribution is 6.88. The standard InChI is InChI=1S/C17H29NSi/c1-14-5-6-16(11-14)13-18-12-15-7-9-17(10-8-15)19(2,3)4/h7-10,14,16,18H,5-6,11-13H2,1-4H3. The first-order valence-corrected chi connectivity index (χ1v) is 11.3. The third-order valence-electron chi connectivity index (χ3n) is 4.39. The van der Waals surface area contributed by atoms with Gasteiger partial charge in [-0.1, -0.05) is 62.4 Å². The Bertz CT molecular complexity index is 391. The van der Waals surface area contributed by atoms with Crippen LogP contribution in [0.25, 0.3) is 0 Å². The second kappa shape index (κ2) is 6.23. The normalized spacial score (nSPS) is 23.8. The highest BCUT2D eigenvalue weighted by Crippen LogP contribution is 2.29. The SMILES string of the molecule is CC1CCC(CNCc2ccc([Si](C)(C)C)cc2)C1. The lowest BCUT2D eigenvalue weighted by Gasteiger charge is -2.17. The van der Waals surface area contributed by atoms with Gasteiger partial charge in [0.05, 0.1) is 8.07 Å². The molecule has 0 amide bonds. The molecule has 106 valence electrons. The summed E-state index contributed by atoms with van der Waals surface area (Å²) in [5, 5.41) is 5.19. The molecule has 2 heteroatoms. The van der Waals surface area contributed by atoms with Crippen LogP contribution in [-0.4, -0.2) is 14.6 Å². The van der Waals surface area contributed by atoms with Gasteiger partial charge in [-0.25, -0.2) is 0 Å². The highest BCUT2D eigenvalue weighted by Gasteiger charge is 2.20. The van der Waals surface area contributed by atoms with E-state index in [4.69, 9.17) is 0 Å². The summed E-state index contributed by atoms with van der Waals surface area (Å²) in [6.45, 7) is 11.8. The summed E-state index contributed by atoms with van der Waals surface area (Å²) < 4.78 is 0. The molecular formula is C17H29NSi. The first-order chi connectivity index (χ1) is 8.95. The predicted octanol–water partition coefficient (Wildman–Crippen LogP) is 3.76. The molecule has 1 aromatic carbocycles. The van der Waals surface area contributed by atoms with Crippen molar-refractivity contribution in [1.82, 2.24) is 5.32 Å². The van der Waals surface area contributed by atoms with E-state index in [0.29, 0.717) is 0 Å². The highest BCUT2D eigenvalue weighted by atomic mass is 28.3. The number of hydrogen-bond acceptors (Lipinski definition) is 1. The lowest BCUT2D eigenvalue weighted by molar-refractivity contribution is 0.470. The average molecular weight is 276 g/mol. The van der Waals surface area contributed by atoms with Crippen molar-refractivity contribution in [3.63, 3.8) is 0 Å². The fourth-order valence-electron chi connectivity index (χ4n) is 3.05. The van der Waals surface area contributed by atoms with Crippen LogP contribution in [0.2, 0.25) is 19.6 Å². The Labute approximate surface area is 119 Å². The molecule has 2 unspecified atom stereocenters. The maximum absolute atomic E-state index is 3.63. The van der Waals surface area contributed by atoms with E-state index in [0.717, 1.165) is 18.4 Å². The van der Waals surface area contributed by atoms with Crippen LogP contribution < -0.4 is 10.5 Å². The zero-order chi connectivity index (χ0) is 13.9. The van der Waals surface area contributed by atoms with Gasteiger partial charge in [-0.05, 0) is 36.8 Å². The third kappa shape index (κ3) is 4.46. The Kier molecular flexibility index (Phi) is 4.85. The molecule has 1 nitrogen and oxygen atoms in total. The van der Waals surface area contributed by atoms with Crippen molar-refractivity contribution in [2.24, 2.45) is 11.8 Å². The number of rotatable bonds is 5. The van der Waals surface area contributed by atoms with Crippen LogP contribution in [0.4, 0.5) is 0 Å². The van der Waals surface area contributed by atoms with Gasteiger partial charge in [-0.3, -0.25) is 0 Å². The summed E-state index contributed by atoms with van der Waals surface area (Å²) >= 11 is 0. The van der Waals surface area contributed by atoms with Crippen LogP contribution in [0.5, 0.6) is 0 Å². The molecule has 0 spiro atoms. The van der Waals surface area contributed by atoms with Gasteiger partial charge in [0.2, 0.25) is 0 Å². The van der Waals surface area contributed by atoms with Gasteiger partial charge in [0.1, 0.15) is 0 Å². The summed E-state index contributed by atoms with van der Waals surface area (Å²) in [4.78, 5) is 0. The molecule has 1 aliphatic carbocycles. The maximum Gasteiger partial charge on any atom is 0.0775 e. The van der Waals surface area contributed by atoms with Crippen LogP contribution in [0.15, 0.2) is 24.3 Å². The fraction of sp³-hybridized carbons (Fsp3) is 0.647. The molecule has 0 heterocycles. The summed E-state index contributed by atoms with van der Waals surface area (Å²) in [7, 11) is -1.14. The average Bonchev–Trinajstić information content (AvgIpc) is 2.75. The fourth-order valence-corrected chi connectivity index (χ4v) is 4.22. The largest absolute Gasteiger partial charge is 0.312 e. The van der Waals surface area contributed by atoms with Crippen LogP contribution in [0.3, 0.4) is 0 Å². The zero-order valence-electron chi connectivity index (χ0n) is 13.0. The molecule has 0 aliphatic heterocycles. The van der Waals surface area contributed by atoms with E-state index < -0.39 is 8.07 Å². The molecule has 1 saturated carbocycles. The molecule has 2 atom stereocenters. The monoisotopic (exact) mass is 275 g/mol. The summed E-state index contributed by atoms with van der Waals surface area (Å²) in [5.74, 6) is 1.86. The van der Waals surface area contributed by atoms with Gasteiger partial charge in [0, 0.05) is 6.54 Å². The van der Waals surface area contributed by atoms with Gasteiger partial charge in [0.15, 0.2) is 0 Å². The Morgan fingerprint density at radius 3 is 2.32 bits per heavy atom. The summed E-state index contributed by atoms with van der Waals surface area (Å²) in [5.41, 5.74) is 1.42. The van der Waals surface area contributed by atoms with Crippen LogP contribution in [0.1, 0.15) is 31.7 Å². The van der Waals surface area contributed by atoms with E-state index in [-0.39, 0.29) is 0 Å². The quantitative estimate of drug-likeness (QED) is 0.807. The Morgan fingerprint density at radius 1 is 1.11 bits per heavy atom. The Hall–Kier alpha value is -0.603. The van der Waals surface area contributed by atoms with E-state index in [1.54, 1.807) is 5.19 Å². The molecular weight excluding hydrogens is 246 g/mol. The van der Waals surface area contributed by atoms with Crippen LogP contribution >= 0.6 is 0 Å². The van der Waals surface area contributed by atoms with Gasteiger partial charge in [-0.2, -0.15) is 0 Å². The Balaban J connectivity index is 1.77. The van der Waals surface area contributed by atoms with Crippen LogP contribution in [-0.2, 0) is 6.54 Å². The van der Waals surface area contributed by atoms with Gasteiger partial charge < -0.3 is 5.32 Å². The minimum absolute atomic E-state index is 0.913. The van der Waals surface area contributed by atoms with Crippen molar-refractivity contribution in [3.8, 4) is 0 Å². The first kappa shape index (κ1) is 14.8. The van der Waals surface area contributed by atoms with Crippen molar-refractivity contribution in [2.45, 2.75) is 52.4 Å². The molecule has 2 rings (SSSR count). The first-order valence-electron chi connectivity index (χ1n) is 7.75.